The minimum Gasteiger partial charge on any atom is -0.365 e. The molecule has 0 aliphatic heterocycles. The zero-order valence-corrected chi connectivity index (χ0v) is 16.1. The summed E-state index contributed by atoms with van der Waals surface area (Å²) in [5, 5.41) is 5.75. The van der Waals surface area contributed by atoms with Crippen molar-refractivity contribution >= 4 is 38.9 Å². The van der Waals surface area contributed by atoms with Crippen LogP contribution in [-0.2, 0) is 24.1 Å². The first-order valence-electron chi connectivity index (χ1n) is 9.23. The third kappa shape index (κ3) is 3.47. The van der Waals surface area contributed by atoms with Crippen LogP contribution in [0.5, 0.6) is 0 Å². The number of hydrogen-bond donors (Lipinski definition) is 2. The van der Waals surface area contributed by atoms with Crippen LogP contribution < -0.4 is 11.1 Å². The lowest BCUT2D eigenvalue weighted by Gasteiger charge is -2.18. The number of primary amides is 1. The molecule has 0 bridgehead atoms. The van der Waals surface area contributed by atoms with Gasteiger partial charge < -0.3 is 11.1 Å². The maximum Gasteiger partial charge on any atom is 0.251 e. The Morgan fingerprint density at radius 2 is 1.96 bits per heavy atom. The fourth-order valence-corrected chi connectivity index (χ4v) is 5.16. The third-order valence-corrected chi connectivity index (χ3v) is 6.45. The summed E-state index contributed by atoms with van der Waals surface area (Å²) in [5.74, 6) is -0.0491. The molecule has 5 heteroatoms. The van der Waals surface area contributed by atoms with Crippen molar-refractivity contribution in [2.45, 2.75) is 32.6 Å². The molecule has 1 heterocycles. The van der Waals surface area contributed by atoms with Crippen molar-refractivity contribution in [2.75, 3.05) is 5.32 Å². The van der Waals surface area contributed by atoms with Gasteiger partial charge in [0.2, 0.25) is 5.91 Å². The number of carbonyl (C=O) groups excluding carboxylic acids is 2. The van der Waals surface area contributed by atoms with Crippen molar-refractivity contribution in [3.8, 4) is 0 Å². The first-order valence-corrected chi connectivity index (χ1v) is 10.1. The molecule has 4 rings (SSSR count). The number of nitrogens with two attached hydrogens (primary N) is 1. The highest BCUT2D eigenvalue weighted by atomic mass is 32.1. The maximum atomic E-state index is 12.7. The van der Waals surface area contributed by atoms with Gasteiger partial charge in [-0.2, -0.15) is 0 Å². The molecular formula is C22H22N2O2S. The summed E-state index contributed by atoms with van der Waals surface area (Å²) >= 11 is 1.50. The zero-order chi connectivity index (χ0) is 19.0. The molecule has 3 aromatic rings. The van der Waals surface area contributed by atoms with Gasteiger partial charge in [0, 0.05) is 4.88 Å². The Labute approximate surface area is 162 Å². The van der Waals surface area contributed by atoms with Crippen molar-refractivity contribution in [1.29, 1.82) is 0 Å². The van der Waals surface area contributed by atoms with E-state index in [9.17, 15) is 9.59 Å². The van der Waals surface area contributed by atoms with Gasteiger partial charge in [-0.25, -0.2) is 0 Å². The predicted molar refractivity (Wildman–Crippen MR) is 110 cm³/mol. The van der Waals surface area contributed by atoms with Crippen molar-refractivity contribution < 1.29 is 9.59 Å². The number of benzene rings is 2. The van der Waals surface area contributed by atoms with Crippen molar-refractivity contribution in [1.82, 2.24) is 0 Å². The number of hydrogen-bond acceptors (Lipinski definition) is 3. The molecule has 27 heavy (non-hydrogen) atoms. The molecule has 1 aliphatic rings. The van der Waals surface area contributed by atoms with E-state index in [4.69, 9.17) is 5.73 Å². The number of aryl methyl sites for hydroxylation is 1. The van der Waals surface area contributed by atoms with Crippen LogP contribution in [0.15, 0.2) is 42.5 Å². The summed E-state index contributed by atoms with van der Waals surface area (Å²) in [4.78, 5) is 26.0. The fourth-order valence-electron chi connectivity index (χ4n) is 3.90. The van der Waals surface area contributed by atoms with Gasteiger partial charge in [-0.3, -0.25) is 9.59 Å². The maximum absolute atomic E-state index is 12.7. The third-order valence-electron chi connectivity index (χ3n) is 5.24. The first-order chi connectivity index (χ1) is 13.0. The second-order valence-corrected chi connectivity index (χ2v) is 8.39. The standard InChI is InChI=1S/C22H22N2O2S/c1-13-9-10-18-17(11-13)20(21(23)26)22(27-18)24-19(25)12-15-7-4-6-14-5-2-3-8-16(14)15/h2-8,13H,9-12H2,1H3,(H2,23,26)(H,24,25). The lowest BCUT2D eigenvalue weighted by molar-refractivity contribution is -0.115. The van der Waals surface area contributed by atoms with E-state index in [1.807, 2.05) is 42.5 Å². The molecule has 3 N–H and O–H groups in total. The van der Waals surface area contributed by atoms with Crippen molar-refractivity contribution in [3.63, 3.8) is 0 Å². The zero-order valence-electron chi connectivity index (χ0n) is 15.2. The number of nitrogens with one attached hydrogen (secondary N) is 1. The van der Waals surface area contributed by atoms with Crippen LogP contribution in [0.1, 0.15) is 39.7 Å². The second kappa shape index (κ2) is 7.16. The molecule has 2 amide bonds. The highest BCUT2D eigenvalue weighted by Crippen LogP contribution is 2.39. The van der Waals surface area contributed by atoms with E-state index in [0.717, 1.165) is 41.2 Å². The first kappa shape index (κ1) is 17.7. The Morgan fingerprint density at radius 3 is 2.78 bits per heavy atom. The van der Waals surface area contributed by atoms with Crippen LogP contribution in [0, 0.1) is 5.92 Å². The fraction of sp³-hybridized carbons (Fsp3) is 0.273. The molecular weight excluding hydrogens is 356 g/mol. The number of anilines is 1. The average molecular weight is 378 g/mol. The Hall–Kier alpha value is -2.66. The second-order valence-electron chi connectivity index (χ2n) is 7.28. The summed E-state index contributed by atoms with van der Waals surface area (Å²) in [7, 11) is 0. The van der Waals surface area contributed by atoms with Gasteiger partial charge in [-0.1, -0.05) is 49.4 Å². The lowest BCUT2D eigenvalue weighted by Crippen LogP contribution is -2.20. The van der Waals surface area contributed by atoms with E-state index < -0.39 is 5.91 Å². The van der Waals surface area contributed by atoms with Gasteiger partial charge in [0.05, 0.1) is 12.0 Å². The average Bonchev–Trinajstić information content (AvgIpc) is 2.99. The SMILES string of the molecule is CC1CCc2sc(NC(=O)Cc3cccc4ccccc34)c(C(N)=O)c2C1. The minimum absolute atomic E-state index is 0.125. The van der Waals surface area contributed by atoms with Gasteiger partial charge >= 0.3 is 0 Å². The summed E-state index contributed by atoms with van der Waals surface area (Å²) < 4.78 is 0. The van der Waals surface area contributed by atoms with Crippen molar-refractivity contribution in [3.05, 3.63) is 64.0 Å². The smallest absolute Gasteiger partial charge is 0.251 e. The molecule has 1 aromatic heterocycles. The van der Waals surface area contributed by atoms with E-state index in [-0.39, 0.29) is 12.3 Å². The number of rotatable bonds is 4. The molecule has 1 aliphatic carbocycles. The summed E-state index contributed by atoms with van der Waals surface area (Å²) in [5.41, 5.74) is 8.16. The summed E-state index contributed by atoms with van der Waals surface area (Å²) in [6.07, 6.45) is 3.16. The molecule has 0 saturated carbocycles. The van der Waals surface area contributed by atoms with Gasteiger partial charge in [0.15, 0.2) is 0 Å². The van der Waals surface area contributed by atoms with E-state index >= 15 is 0 Å². The molecule has 0 saturated heterocycles. The minimum atomic E-state index is -0.456. The molecule has 0 spiro atoms. The van der Waals surface area contributed by atoms with E-state index in [2.05, 4.69) is 12.2 Å². The van der Waals surface area contributed by atoms with Crippen LogP contribution >= 0.6 is 11.3 Å². The van der Waals surface area contributed by atoms with E-state index in [1.165, 1.54) is 16.2 Å². The highest BCUT2D eigenvalue weighted by molar-refractivity contribution is 7.17. The Kier molecular flexibility index (Phi) is 4.70. The van der Waals surface area contributed by atoms with Gasteiger partial charge in [0.25, 0.3) is 5.91 Å². The van der Waals surface area contributed by atoms with Crippen LogP contribution in [0.4, 0.5) is 5.00 Å². The summed E-state index contributed by atoms with van der Waals surface area (Å²) in [6.45, 7) is 2.18. The highest BCUT2D eigenvalue weighted by Gasteiger charge is 2.27. The van der Waals surface area contributed by atoms with Crippen LogP contribution in [0.25, 0.3) is 10.8 Å². The molecule has 0 fully saturated rings. The predicted octanol–water partition coefficient (Wildman–Crippen LogP) is 4.31. The number of thiophene rings is 1. The molecule has 138 valence electrons. The Morgan fingerprint density at radius 1 is 1.19 bits per heavy atom. The topological polar surface area (TPSA) is 72.2 Å². The molecule has 1 unspecified atom stereocenters. The monoisotopic (exact) mass is 378 g/mol. The molecule has 2 aromatic carbocycles. The largest absolute Gasteiger partial charge is 0.365 e. The van der Waals surface area contributed by atoms with Crippen LogP contribution in [0.2, 0.25) is 0 Å². The van der Waals surface area contributed by atoms with Gasteiger partial charge in [-0.05, 0) is 47.1 Å². The quantitative estimate of drug-likeness (QED) is 0.710. The molecule has 4 nitrogen and oxygen atoms in total. The number of carbonyl (C=O) groups is 2. The van der Waals surface area contributed by atoms with E-state index in [0.29, 0.717) is 16.5 Å². The number of fused-ring (bicyclic) bond motifs is 2. The van der Waals surface area contributed by atoms with Crippen molar-refractivity contribution in [2.24, 2.45) is 11.7 Å². The number of amides is 2. The van der Waals surface area contributed by atoms with E-state index in [1.54, 1.807) is 0 Å². The Balaban J connectivity index is 1.61. The normalized spacial score (nSPS) is 16.1. The van der Waals surface area contributed by atoms with Gasteiger partial charge in [-0.15, -0.1) is 11.3 Å². The Bertz CT molecular complexity index is 1030. The van der Waals surface area contributed by atoms with Gasteiger partial charge in [0.1, 0.15) is 5.00 Å². The van der Waals surface area contributed by atoms with Crippen LogP contribution in [0.3, 0.4) is 0 Å². The molecule has 0 radical (unpaired) electrons. The summed E-state index contributed by atoms with van der Waals surface area (Å²) in [6, 6.07) is 14.0. The lowest BCUT2D eigenvalue weighted by atomic mass is 9.87. The molecule has 1 atom stereocenters. The van der Waals surface area contributed by atoms with Crippen LogP contribution in [-0.4, -0.2) is 11.8 Å².